The Balaban J connectivity index is 2.42. The lowest BCUT2D eigenvalue weighted by Gasteiger charge is -2.08. The van der Waals surface area contributed by atoms with Crippen molar-refractivity contribution in [2.45, 2.75) is 0 Å². The highest BCUT2D eigenvalue weighted by Crippen LogP contribution is 2.38. The van der Waals surface area contributed by atoms with Crippen LogP contribution in [0, 0.1) is 10.1 Å². The minimum absolute atomic E-state index is 0.158. The predicted octanol–water partition coefficient (Wildman–Crippen LogP) is 3.40. The molecule has 0 atom stereocenters. The summed E-state index contributed by atoms with van der Waals surface area (Å²) in [6.07, 6.45) is 0. The molecule has 2 aromatic carbocycles. The summed E-state index contributed by atoms with van der Waals surface area (Å²) in [5.74, 6) is 0.868. The predicted molar refractivity (Wildman–Crippen MR) is 66.2 cm³/mol. The summed E-state index contributed by atoms with van der Waals surface area (Å²) >= 11 is 0. The Labute approximate surface area is 104 Å². The molecular weight excluding hydrogens is 234 g/mol. The quantitative estimate of drug-likeness (QED) is 0.611. The summed E-state index contributed by atoms with van der Waals surface area (Å²) in [6.45, 7) is 0. The highest BCUT2D eigenvalue weighted by atomic mass is 16.6. The summed E-state index contributed by atoms with van der Waals surface area (Å²) in [6, 6.07) is 13.6. The molecule has 0 aliphatic carbocycles. The highest BCUT2D eigenvalue weighted by Gasteiger charge is 2.22. The molecule has 0 radical (unpaired) electrons. The van der Waals surface area contributed by atoms with E-state index in [-0.39, 0.29) is 17.2 Å². The fraction of sp³-hybridized carbons (Fsp3) is 0.0769. The molecule has 5 nitrogen and oxygen atoms in total. The minimum atomic E-state index is -0.517. The average Bonchev–Trinajstić information content (AvgIpc) is 2.39. The van der Waals surface area contributed by atoms with Crippen LogP contribution in [-0.4, -0.2) is 12.0 Å². The normalized spacial score (nSPS) is 9.83. The second-order valence-electron chi connectivity index (χ2n) is 3.48. The first-order chi connectivity index (χ1) is 8.72. The molecule has 0 spiro atoms. The molecule has 0 saturated carbocycles. The highest BCUT2D eigenvalue weighted by molar-refractivity contribution is 5.58. The summed E-state index contributed by atoms with van der Waals surface area (Å²) < 4.78 is 10.5. The first-order valence-corrected chi connectivity index (χ1v) is 5.26. The minimum Gasteiger partial charge on any atom is -0.490 e. The van der Waals surface area contributed by atoms with Gasteiger partial charge in [0.2, 0.25) is 11.5 Å². The number of benzene rings is 2. The second kappa shape index (κ2) is 5.18. The van der Waals surface area contributed by atoms with E-state index in [0.717, 1.165) is 0 Å². The molecule has 0 fully saturated rings. The lowest BCUT2D eigenvalue weighted by atomic mass is 10.2. The van der Waals surface area contributed by atoms with Gasteiger partial charge in [-0.1, -0.05) is 24.3 Å². The van der Waals surface area contributed by atoms with E-state index >= 15 is 0 Å². The Morgan fingerprint density at radius 1 is 1.00 bits per heavy atom. The third kappa shape index (κ3) is 2.40. The van der Waals surface area contributed by atoms with Crippen LogP contribution in [0.2, 0.25) is 0 Å². The third-order valence-corrected chi connectivity index (χ3v) is 2.34. The molecule has 0 aromatic heterocycles. The molecule has 0 aliphatic heterocycles. The van der Waals surface area contributed by atoms with E-state index < -0.39 is 4.92 Å². The number of ether oxygens (including phenoxy) is 2. The van der Waals surface area contributed by atoms with Gasteiger partial charge < -0.3 is 9.47 Å². The zero-order valence-corrected chi connectivity index (χ0v) is 9.70. The smallest absolute Gasteiger partial charge is 0.352 e. The fourth-order valence-electron chi connectivity index (χ4n) is 1.54. The van der Waals surface area contributed by atoms with Gasteiger partial charge in [0.25, 0.3) is 0 Å². The molecule has 0 heterocycles. The molecule has 5 heteroatoms. The third-order valence-electron chi connectivity index (χ3n) is 2.34. The van der Waals surface area contributed by atoms with Gasteiger partial charge in [0.05, 0.1) is 12.0 Å². The maximum Gasteiger partial charge on any atom is 0.352 e. The standard InChI is InChI=1S/C13H11NO4/c1-17-11-8-5-9-12(13(11)14(15)16)18-10-6-3-2-4-7-10/h2-9H,1H3. The molecule has 18 heavy (non-hydrogen) atoms. The Kier molecular flexibility index (Phi) is 3.43. The van der Waals surface area contributed by atoms with Crippen molar-refractivity contribution in [3.63, 3.8) is 0 Å². The number of nitro benzene ring substituents is 1. The lowest BCUT2D eigenvalue weighted by Crippen LogP contribution is -1.97. The molecule has 0 N–H and O–H groups in total. The maximum atomic E-state index is 11.0. The van der Waals surface area contributed by atoms with Crippen LogP contribution in [0.1, 0.15) is 0 Å². The van der Waals surface area contributed by atoms with Crippen molar-refractivity contribution >= 4 is 5.69 Å². The van der Waals surface area contributed by atoms with Crippen molar-refractivity contribution in [3.8, 4) is 17.2 Å². The Hall–Kier alpha value is -2.56. The molecule has 2 aromatic rings. The van der Waals surface area contributed by atoms with E-state index in [9.17, 15) is 10.1 Å². The van der Waals surface area contributed by atoms with Crippen LogP contribution in [-0.2, 0) is 0 Å². The van der Waals surface area contributed by atoms with Crippen molar-refractivity contribution < 1.29 is 14.4 Å². The average molecular weight is 245 g/mol. The van der Waals surface area contributed by atoms with E-state index in [1.807, 2.05) is 6.07 Å². The van der Waals surface area contributed by atoms with Gasteiger partial charge >= 0.3 is 5.69 Å². The summed E-state index contributed by atoms with van der Waals surface area (Å²) in [4.78, 5) is 10.5. The van der Waals surface area contributed by atoms with Crippen LogP contribution in [0.3, 0.4) is 0 Å². The van der Waals surface area contributed by atoms with Gasteiger partial charge in [0.15, 0.2) is 0 Å². The lowest BCUT2D eigenvalue weighted by molar-refractivity contribution is -0.386. The molecule has 2 rings (SSSR count). The fourth-order valence-corrected chi connectivity index (χ4v) is 1.54. The molecular formula is C13H11NO4. The number of nitrogens with zero attached hydrogens (tertiary/aromatic N) is 1. The number of hydrogen-bond acceptors (Lipinski definition) is 4. The zero-order chi connectivity index (χ0) is 13.0. The number of rotatable bonds is 4. The van der Waals surface area contributed by atoms with E-state index in [1.165, 1.54) is 19.2 Å². The largest absolute Gasteiger partial charge is 0.490 e. The van der Waals surface area contributed by atoms with Crippen molar-refractivity contribution in [1.29, 1.82) is 0 Å². The van der Waals surface area contributed by atoms with Crippen molar-refractivity contribution in [3.05, 3.63) is 58.6 Å². The van der Waals surface area contributed by atoms with E-state index in [2.05, 4.69) is 0 Å². The second-order valence-corrected chi connectivity index (χ2v) is 3.48. The van der Waals surface area contributed by atoms with Gasteiger partial charge in [-0.15, -0.1) is 0 Å². The van der Waals surface area contributed by atoms with Gasteiger partial charge in [0, 0.05) is 0 Å². The van der Waals surface area contributed by atoms with Crippen LogP contribution in [0.25, 0.3) is 0 Å². The molecule has 0 amide bonds. The number of para-hydroxylation sites is 2. The Bertz CT molecular complexity index is 554. The van der Waals surface area contributed by atoms with E-state index in [4.69, 9.17) is 9.47 Å². The first kappa shape index (κ1) is 11.9. The van der Waals surface area contributed by atoms with Crippen LogP contribution in [0.4, 0.5) is 5.69 Å². The van der Waals surface area contributed by atoms with Gasteiger partial charge in [-0.2, -0.15) is 0 Å². The van der Waals surface area contributed by atoms with Gasteiger partial charge in [-0.05, 0) is 24.3 Å². The molecule has 0 unspecified atom stereocenters. The molecule has 0 bridgehead atoms. The topological polar surface area (TPSA) is 61.6 Å². The Morgan fingerprint density at radius 3 is 2.28 bits per heavy atom. The number of methoxy groups -OCH3 is 1. The van der Waals surface area contributed by atoms with Crippen LogP contribution < -0.4 is 9.47 Å². The zero-order valence-electron chi connectivity index (χ0n) is 9.70. The van der Waals surface area contributed by atoms with E-state index in [1.54, 1.807) is 30.3 Å². The summed E-state index contributed by atoms with van der Waals surface area (Å²) in [5.41, 5.74) is -0.177. The van der Waals surface area contributed by atoms with Crippen molar-refractivity contribution in [2.75, 3.05) is 7.11 Å². The summed E-state index contributed by atoms with van der Waals surface area (Å²) in [7, 11) is 1.38. The Morgan fingerprint density at radius 2 is 1.67 bits per heavy atom. The summed E-state index contributed by atoms with van der Waals surface area (Å²) in [5, 5.41) is 11.0. The SMILES string of the molecule is COc1cccc(Oc2ccccc2)c1[N+](=O)[O-]. The van der Waals surface area contributed by atoms with Gasteiger partial charge in [-0.25, -0.2) is 0 Å². The van der Waals surface area contributed by atoms with Crippen molar-refractivity contribution in [1.82, 2.24) is 0 Å². The molecule has 0 saturated heterocycles. The van der Waals surface area contributed by atoms with Crippen LogP contribution in [0.15, 0.2) is 48.5 Å². The van der Waals surface area contributed by atoms with Crippen molar-refractivity contribution in [2.24, 2.45) is 0 Å². The molecule has 92 valence electrons. The monoisotopic (exact) mass is 245 g/mol. The molecule has 0 aliphatic rings. The van der Waals surface area contributed by atoms with Gasteiger partial charge in [-0.3, -0.25) is 10.1 Å². The van der Waals surface area contributed by atoms with Crippen LogP contribution >= 0.6 is 0 Å². The van der Waals surface area contributed by atoms with Crippen LogP contribution in [0.5, 0.6) is 17.2 Å². The maximum absolute atomic E-state index is 11.0. The number of nitro groups is 1. The first-order valence-electron chi connectivity index (χ1n) is 5.26. The van der Waals surface area contributed by atoms with Gasteiger partial charge in [0.1, 0.15) is 5.75 Å². The van der Waals surface area contributed by atoms with E-state index in [0.29, 0.717) is 5.75 Å². The number of hydrogen-bond donors (Lipinski definition) is 0.